The van der Waals surface area contributed by atoms with E-state index in [-0.39, 0.29) is 5.92 Å². The van der Waals surface area contributed by atoms with Crippen LogP contribution in [-0.4, -0.2) is 35.7 Å². The molecule has 4 nitrogen and oxygen atoms in total. The fourth-order valence-corrected chi connectivity index (χ4v) is 5.79. The number of carbonyl (C=O) groups excluding carboxylic acids is 1. The number of hydrogen-bond donors (Lipinski definition) is 1. The molecule has 2 aromatic rings. The summed E-state index contributed by atoms with van der Waals surface area (Å²) in [6.07, 6.45) is 3.89. The molecule has 3 aliphatic rings. The molecular formula is C26H31NO3. The van der Waals surface area contributed by atoms with E-state index in [1.54, 1.807) is 0 Å². The van der Waals surface area contributed by atoms with E-state index in [4.69, 9.17) is 4.74 Å². The lowest BCUT2D eigenvalue weighted by molar-refractivity contribution is -0.174. The van der Waals surface area contributed by atoms with Crippen LogP contribution in [-0.2, 0) is 21.7 Å². The minimum atomic E-state index is -1.51. The van der Waals surface area contributed by atoms with Gasteiger partial charge < -0.3 is 9.84 Å². The Morgan fingerprint density at radius 2 is 1.57 bits per heavy atom. The highest BCUT2D eigenvalue weighted by atomic mass is 16.6. The van der Waals surface area contributed by atoms with Crippen molar-refractivity contribution in [1.82, 2.24) is 4.90 Å². The highest BCUT2D eigenvalue weighted by Gasteiger charge is 2.56. The maximum atomic E-state index is 13.1. The van der Waals surface area contributed by atoms with Gasteiger partial charge in [-0.1, -0.05) is 73.5 Å². The Morgan fingerprint density at radius 1 is 0.967 bits per heavy atom. The molecule has 2 aromatic carbocycles. The fourth-order valence-electron chi connectivity index (χ4n) is 5.79. The number of nitrogens with zero attached hydrogens (tertiary/aromatic N) is 1. The Morgan fingerprint density at radius 3 is 2.20 bits per heavy atom. The van der Waals surface area contributed by atoms with Crippen LogP contribution in [0.15, 0.2) is 60.7 Å². The van der Waals surface area contributed by atoms with E-state index in [9.17, 15) is 9.90 Å². The van der Waals surface area contributed by atoms with Gasteiger partial charge >= 0.3 is 5.97 Å². The smallest absolute Gasteiger partial charge is 0.343 e. The van der Waals surface area contributed by atoms with E-state index in [1.165, 1.54) is 5.56 Å². The molecule has 1 unspecified atom stereocenters. The number of rotatable bonds is 7. The van der Waals surface area contributed by atoms with Gasteiger partial charge in [-0.05, 0) is 35.8 Å². The van der Waals surface area contributed by atoms with E-state index in [2.05, 4.69) is 35.2 Å². The van der Waals surface area contributed by atoms with Crippen LogP contribution < -0.4 is 0 Å². The molecule has 2 aliphatic carbocycles. The molecule has 1 saturated heterocycles. The summed E-state index contributed by atoms with van der Waals surface area (Å²) in [5.74, 6) is 1.19. The largest absolute Gasteiger partial charge is 0.463 e. The molecule has 1 aliphatic heterocycles. The molecule has 1 heterocycles. The minimum absolute atomic E-state index is 0.0486. The summed E-state index contributed by atoms with van der Waals surface area (Å²) < 4.78 is 5.78. The second-order valence-electron chi connectivity index (χ2n) is 9.38. The number of fused-ring (bicyclic) bond motifs is 1. The Balaban J connectivity index is 1.17. The molecule has 0 amide bonds. The molecule has 158 valence electrons. The molecular weight excluding hydrogens is 374 g/mol. The van der Waals surface area contributed by atoms with Gasteiger partial charge in [-0.2, -0.15) is 0 Å². The molecule has 30 heavy (non-hydrogen) atoms. The molecule has 2 saturated carbocycles. The lowest BCUT2D eigenvalue weighted by Crippen LogP contribution is -2.43. The standard InChI is InChI=1S/C26H31NO3/c28-25(26(29,21-13-7-8-14-21)20-11-5-2-6-12-20)30-18-24-22-16-27(17-23(22)24)15-19-9-3-1-4-10-19/h1-6,9-12,21-24,29H,7-8,13-18H2/t22-,23+,24?,26-/m1/s1. The van der Waals surface area contributed by atoms with Gasteiger partial charge in [0.15, 0.2) is 5.60 Å². The van der Waals surface area contributed by atoms with Crippen molar-refractivity contribution in [2.75, 3.05) is 19.7 Å². The quantitative estimate of drug-likeness (QED) is 0.708. The lowest BCUT2D eigenvalue weighted by Gasteiger charge is -2.32. The van der Waals surface area contributed by atoms with Crippen LogP contribution in [0.5, 0.6) is 0 Å². The first-order valence-electron chi connectivity index (χ1n) is 11.4. The second kappa shape index (κ2) is 8.16. The van der Waals surface area contributed by atoms with E-state index >= 15 is 0 Å². The van der Waals surface area contributed by atoms with Crippen molar-refractivity contribution in [2.45, 2.75) is 37.8 Å². The highest BCUT2D eigenvalue weighted by molar-refractivity contribution is 5.81. The molecule has 1 N–H and O–H groups in total. The molecule has 0 aromatic heterocycles. The van der Waals surface area contributed by atoms with Crippen LogP contribution >= 0.6 is 0 Å². The number of esters is 1. The Labute approximate surface area is 178 Å². The van der Waals surface area contributed by atoms with Crippen molar-refractivity contribution in [2.24, 2.45) is 23.7 Å². The molecule has 0 bridgehead atoms. The van der Waals surface area contributed by atoms with E-state index in [0.29, 0.717) is 29.9 Å². The summed E-state index contributed by atoms with van der Waals surface area (Å²) in [6.45, 7) is 3.59. The third-order valence-corrected chi connectivity index (χ3v) is 7.57. The van der Waals surface area contributed by atoms with Crippen LogP contribution in [0.1, 0.15) is 36.8 Å². The third-order valence-electron chi connectivity index (χ3n) is 7.57. The fraction of sp³-hybridized carbons (Fsp3) is 0.500. The third kappa shape index (κ3) is 3.67. The van der Waals surface area contributed by atoms with Gasteiger partial charge in [0, 0.05) is 31.5 Å². The van der Waals surface area contributed by atoms with Crippen molar-refractivity contribution in [3.8, 4) is 0 Å². The number of likely N-dealkylation sites (tertiary alicyclic amines) is 1. The van der Waals surface area contributed by atoms with Crippen LogP contribution in [0, 0.1) is 23.7 Å². The van der Waals surface area contributed by atoms with Crippen molar-refractivity contribution in [3.05, 3.63) is 71.8 Å². The van der Waals surface area contributed by atoms with Crippen LogP contribution in [0.4, 0.5) is 0 Å². The Bertz CT molecular complexity index is 852. The van der Waals surface area contributed by atoms with Crippen LogP contribution in [0.25, 0.3) is 0 Å². The molecule has 3 fully saturated rings. The van der Waals surface area contributed by atoms with Gasteiger partial charge in [0.25, 0.3) is 0 Å². The number of aliphatic hydroxyl groups is 1. The number of hydrogen-bond acceptors (Lipinski definition) is 4. The first-order valence-corrected chi connectivity index (χ1v) is 11.4. The van der Waals surface area contributed by atoms with E-state index in [0.717, 1.165) is 45.3 Å². The second-order valence-corrected chi connectivity index (χ2v) is 9.38. The average Bonchev–Trinajstić information content (AvgIpc) is 3.17. The van der Waals surface area contributed by atoms with Gasteiger partial charge in [-0.15, -0.1) is 0 Å². The zero-order valence-corrected chi connectivity index (χ0v) is 17.5. The molecule has 4 atom stereocenters. The summed E-state index contributed by atoms with van der Waals surface area (Å²) >= 11 is 0. The summed E-state index contributed by atoms with van der Waals surface area (Å²) in [5, 5.41) is 11.5. The van der Waals surface area contributed by atoms with Gasteiger partial charge in [-0.3, -0.25) is 4.90 Å². The number of piperidine rings is 1. The predicted octanol–water partition coefficient (Wildman–Crippen LogP) is 3.99. The monoisotopic (exact) mass is 405 g/mol. The van der Waals surface area contributed by atoms with Gasteiger partial charge in [-0.25, -0.2) is 4.79 Å². The summed E-state index contributed by atoms with van der Waals surface area (Å²) in [7, 11) is 0. The average molecular weight is 406 g/mol. The zero-order valence-electron chi connectivity index (χ0n) is 17.5. The first-order chi connectivity index (χ1) is 14.7. The number of carbonyl (C=O) groups is 1. The maximum absolute atomic E-state index is 13.1. The van der Waals surface area contributed by atoms with Crippen molar-refractivity contribution in [1.29, 1.82) is 0 Å². The van der Waals surface area contributed by atoms with Crippen LogP contribution in [0.2, 0.25) is 0 Å². The Hall–Kier alpha value is -2.17. The summed E-state index contributed by atoms with van der Waals surface area (Å²) in [5.41, 5.74) is 0.513. The van der Waals surface area contributed by atoms with Crippen molar-refractivity contribution < 1.29 is 14.6 Å². The van der Waals surface area contributed by atoms with E-state index in [1.807, 2.05) is 30.3 Å². The SMILES string of the molecule is O=C(OCC1[C@H]2CN(Cc3ccccc3)C[C@@H]12)[C@@](O)(c1ccccc1)C1CCCC1. The minimum Gasteiger partial charge on any atom is -0.463 e. The normalized spacial score (nSPS) is 28.1. The highest BCUT2D eigenvalue weighted by Crippen LogP contribution is 2.52. The molecule has 0 spiro atoms. The molecule has 4 heteroatoms. The van der Waals surface area contributed by atoms with E-state index < -0.39 is 11.6 Å². The maximum Gasteiger partial charge on any atom is 0.343 e. The summed E-state index contributed by atoms with van der Waals surface area (Å²) in [6, 6.07) is 20.0. The zero-order chi connectivity index (χ0) is 20.6. The number of ether oxygens (including phenoxy) is 1. The van der Waals surface area contributed by atoms with Crippen molar-refractivity contribution in [3.63, 3.8) is 0 Å². The van der Waals surface area contributed by atoms with Crippen molar-refractivity contribution >= 4 is 5.97 Å². The van der Waals surface area contributed by atoms with Gasteiger partial charge in [0.2, 0.25) is 0 Å². The predicted molar refractivity (Wildman–Crippen MR) is 115 cm³/mol. The topological polar surface area (TPSA) is 49.8 Å². The molecule has 0 radical (unpaired) electrons. The number of benzene rings is 2. The summed E-state index contributed by atoms with van der Waals surface area (Å²) in [4.78, 5) is 15.6. The Kier molecular flexibility index (Phi) is 5.38. The van der Waals surface area contributed by atoms with Gasteiger partial charge in [0.1, 0.15) is 0 Å². The molecule has 5 rings (SSSR count). The lowest BCUT2D eigenvalue weighted by atomic mass is 9.80. The van der Waals surface area contributed by atoms with Gasteiger partial charge in [0.05, 0.1) is 6.61 Å². The first kappa shape index (κ1) is 19.8. The van der Waals surface area contributed by atoms with Crippen LogP contribution in [0.3, 0.4) is 0 Å².